The third-order valence-corrected chi connectivity index (χ3v) is 5.10. The van der Waals surface area contributed by atoms with Gasteiger partial charge < -0.3 is 10.1 Å². The van der Waals surface area contributed by atoms with E-state index in [1.54, 1.807) is 23.0 Å². The minimum atomic E-state index is -0.131. The largest absolute Gasteiger partial charge is 0.489 e. The van der Waals surface area contributed by atoms with E-state index in [-0.39, 0.29) is 5.56 Å². The van der Waals surface area contributed by atoms with Crippen molar-refractivity contribution in [1.29, 1.82) is 0 Å². The van der Waals surface area contributed by atoms with Crippen LogP contribution in [0.15, 0.2) is 77.9 Å². The Labute approximate surface area is 175 Å². The molecule has 1 saturated heterocycles. The molecule has 0 aliphatic carbocycles. The predicted octanol–water partition coefficient (Wildman–Crippen LogP) is 3.67. The fraction of sp³-hybridized carbons (Fsp3) is 0.250. The van der Waals surface area contributed by atoms with Gasteiger partial charge in [0.25, 0.3) is 5.56 Å². The van der Waals surface area contributed by atoms with E-state index >= 15 is 0 Å². The average Bonchev–Trinajstić information content (AvgIpc) is 3.47. The van der Waals surface area contributed by atoms with Crippen molar-refractivity contribution >= 4 is 10.9 Å². The first-order valence-corrected chi connectivity index (χ1v) is 10.2. The molecule has 3 heterocycles. The van der Waals surface area contributed by atoms with Gasteiger partial charge in [0.1, 0.15) is 12.4 Å². The van der Waals surface area contributed by atoms with Crippen LogP contribution in [0.3, 0.4) is 0 Å². The van der Waals surface area contributed by atoms with Gasteiger partial charge in [0.2, 0.25) is 0 Å². The molecule has 6 heteroatoms. The van der Waals surface area contributed by atoms with E-state index in [4.69, 9.17) is 4.74 Å². The van der Waals surface area contributed by atoms with Crippen molar-refractivity contribution in [1.82, 2.24) is 19.7 Å². The van der Waals surface area contributed by atoms with Crippen LogP contribution in [0.5, 0.6) is 5.75 Å². The van der Waals surface area contributed by atoms with E-state index in [1.165, 1.54) is 32.0 Å². The van der Waals surface area contributed by atoms with Crippen LogP contribution in [0, 0.1) is 0 Å². The molecule has 1 aliphatic rings. The van der Waals surface area contributed by atoms with E-state index in [0.29, 0.717) is 12.4 Å². The lowest BCUT2D eigenvalue weighted by molar-refractivity contribution is 0.305. The first kappa shape index (κ1) is 19.9. The van der Waals surface area contributed by atoms with Crippen molar-refractivity contribution in [3.05, 3.63) is 89.0 Å². The zero-order valence-electron chi connectivity index (χ0n) is 17.1. The van der Waals surface area contributed by atoms with Gasteiger partial charge in [-0.25, -0.2) is 0 Å². The number of hydrogen-bond acceptors (Lipinski definition) is 4. The standard InChI is InChI=1S/C20H17N3O2.C4H9N/c1-22-19-8-7-17(11-16(19)13-21-22)23-10-9-18(12-20(23)24)25-14-15-5-3-2-4-6-15;1-2-4-5-3-1/h2-13H,14H2,1H3;5H,1-4H2. The van der Waals surface area contributed by atoms with Crippen LogP contribution in [0.25, 0.3) is 16.6 Å². The third kappa shape index (κ3) is 4.78. The van der Waals surface area contributed by atoms with Gasteiger partial charge in [0.15, 0.2) is 0 Å². The Kier molecular flexibility index (Phi) is 6.25. The number of nitrogens with one attached hydrogen (secondary N) is 1. The molecule has 1 fully saturated rings. The molecule has 0 saturated carbocycles. The molecule has 154 valence electrons. The lowest BCUT2D eigenvalue weighted by Crippen LogP contribution is -2.16. The lowest BCUT2D eigenvalue weighted by atomic mass is 10.2. The smallest absolute Gasteiger partial charge is 0.258 e. The Morgan fingerprint density at radius 1 is 1.03 bits per heavy atom. The zero-order chi connectivity index (χ0) is 20.8. The molecule has 0 radical (unpaired) electrons. The fourth-order valence-electron chi connectivity index (χ4n) is 3.43. The molecule has 2 aromatic carbocycles. The number of ether oxygens (including phenoxy) is 1. The van der Waals surface area contributed by atoms with Gasteiger partial charge in [0, 0.05) is 30.4 Å². The second-order valence-corrected chi connectivity index (χ2v) is 7.31. The molecule has 0 atom stereocenters. The summed E-state index contributed by atoms with van der Waals surface area (Å²) in [6.45, 7) is 2.94. The highest BCUT2D eigenvalue weighted by Crippen LogP contribution is 2.18. The quantitative estimate of drug-likeness (QED) is 0.566. The Morgan fingerprint density at radius 3 is 2.53 bits per heavy atom. The van der Waals surface area contributed by atoms with Gasteiger partial charge >= 0.3 is 0 Å². The lowest BCUT2D eigenvalue weighted by Gasteiger charge is -2.09. The van der Waals surface area contributed by atoms with Crippen LogP contribution in [0.4, 0.5) is 0 Å². The first-order chi connectivity index (χ1) is 14.7. The molecular formula is C24H26N4O2. The summed E-state index contributed by atoms with van der Waals surface area (Å²) in [7, 11) is 1.90. The molecular weight excluding hydrogens is 376 g/mol. The van der Waals surface area contributed by atoms with E-state index in [9.17, 15) is 4.79 Å². The number of pyridine rings is 1. The number of aromatic nitrogens is 3. The third-order valence-electron chi connectivity index (χ3n) is 5.10. The molecule has 4 aromatic rings. The Hall–Kier alpha value is -3.38. The second-order valence-electron chi connectivity index (χ2n) is 7.31. The van der Waals surface area contributed by atoms with Crippen LogP contribution in [0.2, 0.25) is 0 Å². The van der Waals surface area contributed by atoms with E-state index < -0.39 is 0 Å². The molecule has 1 aliphatic heterocycles. The van der Waals surface area contributed by atoms with Gasteiger partial charge in [-0.3, -0.25) is 14.0 Å². The van der Waals surface area contributed by atoms with Gasteiger partial charge in [-0.15, -0.1) is 0 Å². The zero-order valence-corrected chi connectivity index (χ0v) is 17.1. The average molecular weight is 402 g/mol. The maximum atomic E-state index is 12.5. The topological polar surface area (TPSA) is 61.1 Å². The van der Waals surface area contributed by atoms with Gasteiger partial charge in [-0.05, 0) is 55.8 Å². The van der Waals surface area contributed by atoms with E-state index in [1.807, 2.05) is 60.3 Å². The monoisotopic (exact) mass is 402 g/mol. The molecule has 0 spiro atoms. The van der Waals surface area contributed by atoms with Crippen LogP contribution >= 0.6 is 0 Å². The molecule has 1 N–H and O–H groups in total. The molecule has 0 amide bonds. The summed E-state index contributed by atoms with van der Waals surface area (Å²) in [5.41, 5.74) is 2.77. The molecule has 30 heavy (non-hydrogen) atoms. The summed E-state index contributed by atoms with van der Waals surface area (Å²) in [5.74, 6) is 0.563. The van der Waals surface area contributed by atoms with Crippen LogP contribution in [0.1, 0.15) is 18.4 Å². The Bertz CT molecular complexity index is 1150. The minimum absolute atomic E-state index is 0.131. The summed E-state index contributed by atoms with van der Waals surface area (Å²) in [5, 5.41) is 8.45. The molecule has 5 rings (SSSR count). The summed E-state index contributed by atoms with van der Waals surface area (Å²) < 4.78 is 9.12. The van der Waals surface area contributed by atoms with Crippen molar-refractivity contribution in [2.45, 2.75) is 19.4 Å². The highest BCUT2D eigenvalue weighted by Gasteiger charge is 2.05. The summed E-state index contributed by atoms with van der Waals surface area (Å²) >= 11 is 0. The summed E-state index contributed by atoms with van der Waals surface area (Å²) in [6, 6.07) is 19.0. The second kappa shape index (κ2) is 9.41. The molecule has 0 unspecified atom stereocenters. The fourth-order valence-corrected chi connectivity index (χ4v) is 3.43. The highest BCUT2D eigenvalue weighted by atomic mass is 16.5. The summed E-state index contributed by atoms with van der Waals surface area (Å²) in [6.07, 6.45) is 6.31. The predicted molar refractivity (Wildman–Crippen MR) is 119 cm³/mol. The van der Waals surface area contributed by atoms with Crippen LogP contribution in [-0.2, 0) is 13.7 Å². The highest BCUT2D eigenvalue weighted by molar-refractivity contribution is 5.80. The van der Waals surface area contributed by atoms with Crippen molar-refractivity contribution in [3.63, 3.8) is 0 Å². The SMILES string of the molecule is C1CCNC1.Cn1ncc2cc(-n3ccc(OCc4ccccc4)cc3=O)ccc21. The Balaban J connectivity index is 0.000000383. The van der Waals surface area contributed by atoms with Crippen LogP contribution in [-0.4, -0.2) is 27.4 Å². The first-order valence-electron chi connectivity index (χ1n) is 10.2. The van der Waals surface area contributed by atoms with Crippen molar-refractivity contribution in [3.8, 4) is 11.4 Å². The van der Waals surface area contributed by atoms with Crippen LogP contribution < -0.4 is 15.6 Å². The number of nitrogens with zero attached hydrogens (tertiary/aromatic N) is 3. The number of hydrogen-bond donors (Lipinski definition) is 1. The number of aryl methyl sites for hydroxylation is 1. The number of benzene rings is 2. The molecule has 0 bridgehead atoms. The number of fused-ring (bicyclic) bond motifs is 1. The maximum Gasteiger partial charge on any atom is 0.258 e. The van der Waals surface area contributed by atoms with Crippen molar-refractivity contribution in [2.24, 2.45) is 7.05 Å². The van der Waals surface area contributed by atoms with E-state index in [0.717, 1.165) is 22.2 Å². The van der Waals surface area contributed by atoms with Crippen molar-refractivity contribution in [2.75, 3.05) is 13.1 Å². The maximum absolute atomic E-state index is 12.5. The Morgan fingerprint density at radius 2 is 1.83 bits per heavy atom. The minimum Gasteiger partial charge on any atom is -0.489 e. The van der Waals surface area contributed by atoms with Crippen molar-refractivity contribution < 1.29 is 4.74 Å². The molecule has 6 nitrogen and oxygen atoms in total. The van der Waals surface area contributed by atoms with Gasteiger partial charge in [0.05, 0.1) is 11.7 Å². The summed E-state index contributed by atoms with van der Waals surface area (Å²) in [4.78, 5) is 12.5. The van der Waals surface area contributed by atoms with E-state index in [2.05, 4.69) is 10.4 Å². The molecule has 2 aromatic heterocycles. The van der Waals surface area contributed by atoms with Gasteiger partial charge in [-0.2, -0.15) is 5.10 Å². The normalized spacial score (nSPS) is 13.1. The number of rotatable bonds is 4. The van der Waals surface area contributed by atoms with Gasteiger partial charge in [-0.1, -0.05) is 30.3 Å².